The van der Waals surface area contributed by atoms with E-state index >= 15 is 0 Å². The number of hydrogen-bond donors (Lipinski definition) is 3. The van der Waals surface area contributed by atoms with Gasteiger partial charge in [-0.1, -0.05) is 64.3 Å². The molecule has 170 valence electrons. The number of thiol groups is 1. The maximum Gasteiger partial charge on any atom is 0.126 e. The van der Waals surface area contributed by atoms with Gasteiger partial charge in [0.15, 0.2) is 0 Å². The molecule has 0 saturated heterocycles. The van der Waals surface area contributed by atoms with Gasteiger partial charge in [0.1, 0.15) is 11.6 Å². The molecule has 0 aliphatic heterocycles. The normalized spacial score (nSPS) is 18.5. The molecule has 0 heterocycles. The van der Waals surface area contributed by atoms with Crippen LogP contribution in [-0.2, 0) is 17.4 Å². The van der Waals surface area contributed by atoms with E-state index in [-0.39, 0.29) is 22.2 Å². The number of rotatable bonds is 7. The van der Waals surface area contributed by atoms with Crippen LogP contribution in [0.2, 0.25) is 0 Å². The summed E-state index contributed by atoms with van der Waals surface area (Å²) in [6.07, 6.45) is 6.21. The second-order valence-electron chi connectivity index (χ2n) is 10.1. The summed E-state index contributed by atoms with van der Waals surface area (Å²) in [5.41, 5.74) is 9.62. The number of hydrogen-bond acceptors (Lipinski definition) is 3. The molecule has 0 amide bonds. The average Bonchev–Trinajstić information content (AvgIpc) is 2.71. The van der Waals surface area contributed by atoms with Crippen molar-refractivity contribution in [1.29, 1.82) is 0 Å². The summed E-state index contributed by atoms with van der Waals surface area (Å²) in [6.45, 7) is 7.36. The molecular weight excluding hydrogens is 410 g/mol. The second-order valence-corrected chi connectivity index (χ2v) is 10.7. The molecule has 3 rings (SSSR count). The predicted molar refractivity (Wildman–Crippen MR) is 129 cm³/mol. The van der Waals surface area contributed by atoms with E-state index in [1.807, 2.05) is 0 Å². The first-order valence-electron chi connectivity index (χ1n) is 11.3. The Labute approximate surface area is 191 Å². The fourth-order valence-electron chi connectivity index (χ4n) is 4.59. The molecule has 2 aromatic carbocycles. The molecule has 5 heteroatoms. The van der Waals surface area contributed by atoms with Gasteiger partial charge in [-0.2, -0.15) is 12.6 Å². The quantitative estimate of drug-likeness (QED) is 0.465. The number of nitrogens with two attached hydrogens (primary N) is 1. The van der Waals surface area contributed by atoms with Crippen LogP contribution >= 0.6 is 12.6 Å². The molecule has 2 nitrogen and oxygen atoms in total. The van der Waals surface area contributed by atoms with Gasteiger partial charge in [0.05, 0.1) is 0 Å². The molecule has 0 spiro atoms. The minimum atomic E-state index is -0.573. The van der Waals surface area contributed by atoms with Gasteiger partial charge >= 0.3 is 0 Å². The minimum Gasteiger partial charge on any atom is -0.326 e. The molecule has 0 aromatic heterocycles. The SMILES string of the molecule is CC(C)(C)c1cccc(C2(NCC(S)C(N)Cc3cc(F)cc(F)c3)CCCCC2)c1. The van der Waals surface area contributed by atoms with Gasteiger partial charge in [-0.15, -0.1) is 0 Å². The number of benzene rings is 2. The minimum absolute atomic E-state index is 0.0782. The lowest BCUT2D eigenvalue weighted by atomic mass is 9.74. The van der Waals surface area contributed by atoms with E-state index in [1.165, 1.54) is 42.5 Å². The van der Waals surface area contributed by atoms with Crippen LogP contribution in [0, 0.1) is 11.6 Å². The topological polar surface area (TPSA) is 38.0 Å². The van der Waals surface area contributed by atoms with Gasteiger partial charge in [-0.05, 0) is 53.5 Å². The molecule has 2 unspecified atom stereocenters. The van der Waals surface area contributed by atoms with Crippen molar-refractivity contribution >= 4 is 12.6 Å². The molecule has 2 aromatic rings. The van der Waals surface area contributed by atoms with Crippen LogP contribution in [0.25, 0.3) is 0 Å². The standard InChI is InChI=1S/C26H36F2N2S/c1-25(2,3)19-8-7-9-20(15-19)26(10-5-4-6-11-26)30-17-24(31)23(29)14-18-12-21(27)16-22(28)13-18/h7-9,12-13,15-16,23-24,30-31H,4-6,10-11,14,17,29H2,1-3H3. The van der Waals surface area contributed by atoms with Gasteiger partial charge in [0.2, 0.25) is 0 Å². The maximum atomic E-state index is 13.5. The summed E-state index contributed by atoms with van der Waals surface area (Å²) in [5.74, 6) is -1.15. The summed E-state index contributed by atoms with van der Waals surface area (Å²) in [7, 11) is 0. The Hall–Kier alpha value is -1.43. The monoisotopic (exact) mass is 446 g/mol. The first-order chi connectivity index (χ1) is 14.6. The Balaban J connectivity index is 1.72. The average molecular weight is 447 g/mol. The number of nitrogens with one attached hydrogen (secondary N) is 1. The molecule has 31 heavy (non-hydrogen) atoms. The fraction of sp³-hybridized carbons (Fsp3) is 0.538. The van der Waals surface area contributed by atoms with Gasteiger partial charge in [0, 0.05) is 29.4 Å². The van der Waals surface area contributed by atoms with Crippen molar-refractivity contribution in [3.63, 3.8) is 0 Å². The predicted octanol–water partition coefficient (Wildman–Crippen LogP) is 5.88. The Bertz CT molecular complexity index is 852. The molecule has 2 atom stereocenters. The lowest BCUT2D eigenvalue weighted by molar-refractivity contribution is 0.232. The van der Waals surface area contributed by atoms with Crippen molar-refractivity contribution in [1.82, 2.24) is 5.32 Å². The van der Waals surface area contributed by atoms with Gasteiger partial charge in [-0.25, -0.2) is 8.78 Å². The van der Waals surface area contributed by atoms with Crippen LogP contribution in [0.1, 0.15) is 69.6 Å². The van der Waals surface area contributed by atoms with Gasteiger partial charge in [0.25, 0.3) is 0 Å². The summed E-state index contributed by atoms with van der Waals surface area (Å²) < 4.78 is 27.0. The van der Waals surface area contributed by atoms with Crippen LogP contribution < -0.4 is 11.1 Å². The highest BCUT2D eigenvalue weighted by molar-refractivity contribution is 7.81. The second kappa shape index (κ2) is 10.0. The van der Waals surface area contributed by atoms with E-state index in [4.69, 9.17) is 18.4 Å². The molecule has 1 aliphatic carbocycles. The fourth-order valence-corrected chi connectivity index (χ4v) is 4.79. The zero-order valence-corrected chi connectivity index (χ0v) is 19.8. The zero-order chi connectivity index (χ0) is 22.6. The first kappa shape index (κ1) is 24.2. The number of halogens is 2. The van der Waals surface area contributed by atoms with Crippen molar-refractivity contribution < 1.29 is 8.78 Å². The van der Waals surface area contributed by atoms with Crippen LogP contribution in [0.4, 0.5) is 8.78 Å². The van der Waals surface area contributed by atoms with Crippen LogP contribution in [0.5, 0.6) is 0 Å². The molecule has 0 bridgehead atoms. The highest BCUT2D eigenvalue weighted by atomic mass is 32.1. The lowest BCUT2D eigenvalue weighted by Gasteiger charge is -2.41. The van der Waals surface area contributed by atoms with E-state index < -0.39 is 11.6 Å². The highest BCUT2D eigenvalue weighted by Crippen LogP contribution is 2.38. The molecule has 1 fully saturated rings. The summed E-state index contributed by atoms with van der Waals surface area (Å²) >= 11 is 4.75. The van der Waals surface area contributed by atoms with Crippen molar-refractivity contribution in [3.05, 3.63) is 70.8 Å². The Morgan fingerprint density at radius 1 is 1.03 bits per heavy atom. The van der Waals surface area contributed by atoms with Crippen molar-refractivity contribution in [2.45, 2.75) is 81.5 Å². The summed E-state index contributed by atoms with van der Waals surface area (Å²) in [4.78, 5) is 0. The molecule has 0 radical (unpaired) electrons. The van der Waals surface area contributed by atoms with Crippen molar-refractivity contribution in [2.24, 2.45) is 5.73 Å². The van der Waals surface area contributed by atoms with E-state index in [0.29, 0.717) is 18.5 Å². The molecule has 1 aliphatic rings. The third kappa shape index (κ3) is 6.30. The third-order valence-electron chi connectivity index (χ3n) is 6.53. The van der Waals surface area contributed by atoms with E-state index in [1.54, 1.807) is 0 Å². The lowest BCUT2D eigenvalue weighted by Crippen LogP contribution is -2.49. The van der Waals surface area contributed by atoms with Crippen LogP contribution in [0.3, 0.4) is 0 Å². The van der Waals surface area contributed by atoms with Crippen molar-refractivity contribution in [2.75, 3.05) is 6.54 Å². The van der Waals surface area contributed by atoms with E-state index in [9.17, 15) is 8.78 Å². The smallest absolute Gasteiger partial charge is 0.126 e. The third-order valence-corrected chi connectivity index (χ3v) is 7.09. The van der Waals surface area contributed by atoms with Crippen molar-refractivity contribution in [3.8, 4) is 0 Å². The summed E-state index contributed by atoms with van der Waals surface area (Å²) in [5, 5.41) is 3.69. The summed E-state index contributed by atoms with van der Waals surface area (Å²) in [6, 6.07) is 12.2. The maximum absolute atomic E-state index is 13.5. The first-order valence-corrected chi connectivity index (χ1v) is 11.9. The zero-order valence-electron chi connectivity index (χ0n) is 18.9. The molecule has 3 N–H and O–H groups in total. The van der Waals surface area contributed by atoms with Gasteiger partial charge < -0.3 is 11.1 Å². The Kier molecular flexibility index (Phi) is 7.82. The molecule has 1 saturated carbocycles. The molecular formula is C26H36F2N2S. The van der Waals surface area contributed by atoms with E-state index in [2.05, 4.69) is 50.4 Å². The Morgan fingerprint density at radius 2 is 1.68 bits per heavy atom. The highest BCUT2D eigenvalue weighted by Gasteiger charge is 2.35. The Morgan fingerprint density at radius 3 is 2.29 bits per heavy atom. The van der Waals surface area contributed by atoms with Crippen LogP contribution in [-0.4, -0.2) is 17.8 Å². The van der Waals surface area contributed by atoms with Crippen LogP contribution in [0.15, 0.2) is 42.5 Å². The largest absolute Gasteiger partial charge is 0.326 e. The van der Waals surface area contributed by atoms with Gasteiger partial charge in [-0.3, -0.25) is 0 Å². The van der Waals surface area contributed by atoms with E-state index in [0.717, 1.165) is 18.9 Å².